The van der Waals surface area contributed by atoms with E-state index in [9.17, 15) is 15.3 Å². The van der Waals surface area contributed by atoms with Crippen LogP contribution in [-0.2, 0) is 0 Å². The van der Waals surface area contributed by atoms with Gasteiger partial charge in [0.25, 0.3) is 5.56 Å². The van der Waals surface area contributed by atoms with Crippen LogP contribution in [0.25, 0.3) is 11.1 Å². The van der Waals surface area contributed by atoms with Crippen molar-refractivity contribution in [1.29, 1.82) is 10.5 Å². The van der Waals surface area contributed by atoms with Crippen molar-refractivity contribution in [3.63, 3.8) is 0 Å². The summed E-state index contributed by atoms with van der Waals surface area (Å²) in [6.07, 6.45) is -0.181. The van der Waals surface area contributed by atoms with Gasteiger partial charge in [-0.15, -0.1) is 0 Å². The third-order valence-corrected chi connectivity index (χ3v) is 3.38. The van der Waals surface area contributed by atoms with Gasteiger partial charge >= 0.3 is 0 Å². The number of ether oxygens (including phenoxy) is 2. The Kier molecular flexibility index (Phi) is 5.54. The summed E-state index contributed by atoms with van der Waals surface area (Å²) in [6, 6.07) is 8.84. The Labute approximate surface area is 151 Å². The number of nitrogens with zero attached hydrogens (tertiary/aromatic N) is 2. The van der Waals surface area contributed by atoms with Gasteiger partial charge in [-0.25, -0.2) is 0 Å². The summed E-state index contributed by atoms with van der Waals surface area (Å²) in [5, 5.41) is 18.9. The number of nitrogen functional groups attached to an aromatic ring is 1. The SMILES string of the molecule is CC(C)Oc1cc(OC(C)C)cc(-c2c(C#N)c(N)[nH]c(=O)c2C#N)c1. The Balaban J connectivity index is 2.81. The Morgan fingerprint density at radius 3 is 1.88 bits per heavy atom. The summed E-state index contributed by atoms with van der Waals surface area (Å²) in [7, 11) is 0. The standard InChI is InChI=1S/C19H20N4O3/c1-10(2)25-13-5-12(6-14(7-13)26-11(3)4)17-15(8-20)18(22)23-19(24)16(17)9-21/h5-7,10-11H,1-4H3,(H3,22,23,24). The fourth-order valence-electron chi connectivity index (χ4n) is 2.53. The van der Waals surface area contributed by atoms with Crippen LogP contribution in [0.3, 0.4) is 0 Å². The number of nitrogens with one attached hydrogen (secondary N) is 1. The van der Waals surface area contributed by atoms with Crippen LogP contribution in [0, 0.1) is 22.7 Å². The number of benzene rings is 1. The first-order valence-electron chi connectivity index (χ1n) is 8.11. The molecule has 0 bridgehead atoms. The van der Waals surface area contributed by atoms with Crippen molar-refractivity contribution >= 4 is 5.82 Å². The van der Waals surface area contributed by atoms with Crippen molar-refractivity contribution in [2.45, 2.75) is 39.9 Å². The van der Waals surface area contributed by atoms with Crippen molar-refractivity contribution in [1.82, 2.24) is 4.98 Å². The number of aromatic amines is 1. The van der Waals surface area contributed by atoms with Crippen LogP contribution in [0.1, 0.15) is 38.8 Å². The zero-order chi connectivity index (χ0) is 19.4. The van der Waals surface area contributed by atoms with E-state index in [4.69, 9.17) is 15.2 Å². The Morgan fingerprint density at radius 2 is 1.46 bits per heavy atom. The largest absolute Gasteiger partial charge is 0.491 e. The van der Waals surface area contributed by atoms with E-state index in [1.165, 1.54) is 0 Å². The van der Waals surface area contributed by atoms with Gasteiger partial charge < -0.3 is 20.2 Å². The number of nitrogens with two attached hydrogens (primary N) is 1. The molecule has 0 aliphatic carbocycles. The minimum atomic E-state index is -0.652. The second-order valence-electron chi connectivity index (χ2n) is 6.24. The summed E-state index contributed by atoms with van der Waals surface area (Å²) in [5.41, 5.74) is 5.58. The lowest BCUT2D eigenvalue weighted by molar-refractivity contribution is 0.229. The number of aromatic nitrogens is 1. The molecular weight excluding hydrogens is 332 g/mol. The van der Waals surface area contributed by atoms with Crippen LogP contribution in [0.15, 0.2) is 23.0 Å². The van der Waals surface area contributed by atoms with Crippen LogP contribution in [0.5, 0.6) is 11.5 Å². The topological polar surface area (TPSA) is 125 Å². The predicted molar refractivity (Wildman–Crippen MR) is 97.9 cm³/mol. The van der Waals surface area contributed by atoms with E-state index in [1.54, 1.807) is 18.2 Å². The first kappa shape index (κ1) is 18.9. The molecule has 1 aromatic heterocycles. The summed E-state index contributed by atoms with van der Waals surface area (Å²) >= 11 is 0. The number of rotatable bonds is 5. The van der Waals surface area contributed by atoms with E-state index in [0.29, 0.717) is 17.1 Å². The van der Waals surface area contributed by atoms with E-state index in [2.05, 4.69) is 4.98 Å². The molecule has 0 radical (unpaired) electrons. The summed E-state index contributed by atoms with van der Waals surface area (Å²) in [6.45, 7) is 7.51. The number of hydrogen-bond acceptors (Lipinski definition) is 6. The van der Waals surface area contributed by atoms with Gasteiger partial charge in [0.05, 0.1) is 12.2 Å². The summed E-state index contributed by atoms with van der Waals surface area (Å²) in [5.74, 6) is 0.910. The maximum atomic E-state index is 12.1. The quantitative estimate of drug-likeness (QED) is 0.852. The predicted octanol–water partition coefficient (Wildman–Crippen LogP) is 2.94. The smallest absolute Gasteiger partial charge is 0.268 e. The second-order valence-corrected chi connectivity index (χ2v) is 6.24. The van der Waals surface area contributed by atoms with Crippen LogP contribution in [0.2, 0.25) is 0 Å². The number of anilines is 1. The molecule has 26 heavy (non-hydrogen) atoms. The van der Waals surface area contributed by atoms with Gasteiger partial charge in [0.1, 0.15) is 40.6 Å². The van der Waals surface area contributed by atoms with Gasteiger partial charge in [-0.2, -0.15) is 10.5 Å². The zero-order valence-electron chi connectivity index (χ0n) is 15.1. The molecule has 1 heterocycles. The molecule has 2 rings (SSSR count). The number of nitriles is 2. The fraction of sp³-hybridized carbons (Fsp3) is 0.316. The lowest BCUT2D eigenvalue weighted by Gasteiger charge is -2.17. The Bertz CT molecular complexity index is 934. The molecule has 0 amide bonds. The Morgan fingerprint density at radius 1 is 0.962 bits per heavy atom. The number of pyridine rings is 1. The number of H-pyrrole nitrogens is 1. The highest BCUT2D eigenvalue weighted by molar-refractivity contribution is 5.81. The van der Waals surface area contributed by atoms with Crippen molar-refractivity contribution in [3.8, 4) is 34.8 Å². The average Bonchev–Trinajstić information content (AvgIpc) is 2.52. The van der Waals surface area contributed by atoms with Gasteiger partial charge in [0.15, 0.2) is 0 Å². The van der Waals surface area contributed by atoms with Crippen molar-refractivity contribution < 1.29 is 9.47 Å². The molecule has 1 aromatic carbocycles. The maximum absolute atomic E-state index is 12.1. The van der Waals surface area contributed by atoms with Crippen molar-refractivity contribution in [3.05, 3.63) is 39.7 Å². The maximum Gasteiger partial charge on any atom is 0.268 e. The van der Waals surface area contributed by atoms with Gasteiger partial charge in [-0.05, 0) is 45.4 Å². The van der Waals surface area contributed by atoms with Gasteiger partial charge in [-0.3, -0.25) is 4.79 Å². The molecule has 0 aliphatic rings. The van der Waals surface area contributed by atoms with E-state index >= 15 is 0 Å². The van der Waals surface area contributed by atoms with E-state index in [1.807, 2.05) is 39.8 Å². The van der Waals surface area contributed by atoms with E-state index < -0.39 is 5.56 Å². The molecule has 0 spiro atoms. The van der Waals surface area contributed by atoms with Crippen LogP contribution >= 0.6 is 0 Å². The molecular formula is C19H20N4O3. The molecule has 3 N–H and O–H groups in total. The summed E-state index contributed by atoms with van der Waals surface area (Å²) in [4.78, 5) is 14.5. The molecule has 134 valence electrons. The van der Waals surface area contributed by atoms with E-state index in [-0.39, 0.29) is 34.7 Å². The van der Waals surface area contributed by atoms with Crippen molar-refractivity contribution in [2.75, 3.05) is 5.73 Å². The van der Waals surface area contributed by atoms with Crippen LogP contribution in [0.4, 0.5) is 5.82 Å². The first-order valence-corrected chi connectivity index (χ1v) is 8.11. The molecule has 7 heteroatoms. The number of hydrogen-bond donors (Lipinski definition) is 2. The monoisotopic (exact) mass is 352 g/mol. The third-order valence-electron chi connectivity index (χ3n) is 3.38. The fourth-order valence-corrected chi connectivity index (χ4v) is 2.53. The third kappa shape index (κ3) is 3.96. The minimum Gasteiger partial charge on any atom is -0.491 e. The minimum absolute atomic E-state index is 0.0262. The molecule has 0 aliphatic heterocycles. The van der Waals surface area contributed by atoms with Gasteiger partial charge in [0, 0.05) is 11.6 Å². The highest BCUT2D eigenvalue weighted by Gasteiger charge is 2.20. The molecule has 0 unspecified atom stereocenters. The van der Waals surface area contributed by atoms with Crippen molar-refractivity contribution in [2.24, 2.45) is 0 Å². The molecule has 7 nitrogen and oxygen atoms in total. The van der Waals surface area contributed by atoms with Crippen LogP contribution < -0.4 is 20.8 Å². The highest BCUT2D eigenvalue weighted by Crippen LogP contribution is 2.34. The van der Waals surface area contributed by atoms with Gasteiger partial charge in [-0.1, -0.05) is 0 Å². The average molecular weight is 352 g/mol. The lowest BCUT2D eigenvalue weighted by Crippen LogP contribution is -2.16. The van der Waals surface area contributed by atoms with Gasteiger partial charge in [0.2, 0.25) is 0 Å². The highest BCUT2D eigenvalue weighted by atomic mass is 16.5. The molecule has 0 fully saturated rings. The second kappa shape index (κ2) is 7.62. The normalized spacial score (nSPS) is 10.5. The van der Waals surface area contributed by atoms with E-state index in [0.717, 1.165) is 0 Å². The Hall–Kier alpha value is -3.45. The molecule has 0 atom stereocenters. The molecule has 0 saturated heterocycles. The molecule has 2 aromatic rings. The lowest BCUT2D eigenvalue weighted by atomic mass is 9.96. The molecule has 0 saturated carbocycles. The van der Waals surface area contributed by atoms with Crippen LogP contribution in [-0.4, -0.2) is 17.2 Å². The first-order chi connectivity index (χ1) is 12.3. The zero-order valence-corrected chi connectivity index (χ0v) is 15.1. The summed E-state index contributed by atoms with van der Waals surface area (Å²) < 4.78 is 11.5.